The van der Waals surface area contributed by atoms with Crippen molar-refractivity contribution in [3.05, 3.63) is 46.4 Å². The van der Waals surface area contributed by atoms with Crippen molar-refractivity contribution in [2.75, 3.05) is 11.1 Å². The van der Waals surface area contributed by atoms with Crippen LogP contribution in [0, 0.1) is 6.92 Å². The Kier molecular flexibility index (Phi) is 4.64. The Bertz CT molecular complexity index is 721. The molecule has 1 N–H and O–H groups in total. The lowest BCUT2D eigenvalue weighted by molar-refractivity contribution is -0.113. The van der Waals surface area contributed by atoms with Gasteiger partial charge in [-0.05, 0) is 44.4 Å². The number of nitrogens with one attached hydrogen (secondary N) is 1. The number of thioether (sulfide) groups is 1. The highest BCUT2D eigenvalue weighted by Crippen LogP contribution is 2.29. The van der Waals surface area contributed by atoms with E-state index >= 15 is 0 Å². The molecule has 1 aliphatic rings. The molecule has 2 aromatic rings. The highest BCUT2D eigenvalue weighted by Gasteiger charge is 2.19. The second kappa shape index (κ2) is 6.67. The van der Waals surface area contributed by atoms with Crippen LogP contribution in [0.2, 0.25) is 5.02 Å². The van der Waals surface area contributed by atoms with Gasteiger partial charge in [-0.1, -0.05) is 29.4 Å². The van der Waals surface area contributed by atoms with E-state index in [-0.39, 0.29) is 5.91 Å². The number of fused-ring (bicyclic) bond motifs is 1. The molecule has 6 heteroatoms. The molecular weight excluding hydrogens is 318 g/mol. The number of benzene rings is 1. The fourth-order valence-corrected chi connectivity index (χ4v) is 3.65. The number of aromatic nitrogens is 2. The van der Waals surface area contributed by atoms with Crippen molar-refractivity contribution in [1.29, 1.82) is 0 Å². The largest absolute Gasteiger partial charge is 0.325 e. The summed E-state index contributed by atoms with van der Waals surface area (Å²) in [5.74, 6) is 1.05. The molecule has 0 radical (unpaired) electrons. The van der Waals surface area contributed by atoms with E-state index in [4.69, 9.17) is 11.6 Å². The normalized spacial score (nSPS) is 13.0. The van der Waals surface area contributed by atoms with Gasteiger partial charge in [-0.15, -0.1) is 0 Å². The zero-order valence-corrected chi connectivity index (χ0v) is 13.8. The summed E-state index contributed by atoms with van der Waals surface area (Å²) >= 11 is 7.38. The summed E-state index contributed by atoms with van der Waals surface area (Å²) in [5.41, 5.74) is 3.07. The maximum atomic E-state index is 12.1. The van der Waals surface area contributed by atoms with Crippen LogP contribution in [0.1, 0.15) is 23.5 Å². The molecule has 0 saturated carbocycles. The molecule has 1 aromatic carbocycles. The maximum Gasteiger partial charge on any atom is 0.234 e. The highest BCUT2D eigenvalue weighted by molar-refractivity contribution is 8.00. The van der Waals surface area contributed by atoms with Crippen molar-refractivity contribution in [2.45, 2.75) is 31.2 Å². The monoisotopic (exact) mass is 333 g/mol. The molecule has 114 valence electrons. The number of hydrogen-bond acceptors (Lipinski definition) is 4. The molecule has 22 heavy (non-hydrogen) atoms. The van der Waals surface area contributed by atoms with E-state index < -0.39 is 0 Å². The fourth-order valence-electron chi connectivity index (χ4n) is 2.53. The van der Waals surface area contributed by atoms with E-state index in [1.807, 2.05) is 19.1 Å². The third-order valence-electron chi connectivity index (χ3n) is 3.46. The molecule has 1 aliphatic carbocycles. The first-order chi connectivity index (χ1) is 10.6. The minimum absolute atomic E-state index is 0.0599. The second-order valence-corrected chi connectivity index (χ2v) is 6.60. The third-order valence-corrected chi connectivity index (χ3v) is 4.71. The van der Waals surface area contributed by atoms with Crippen LogP contribution in [-0.4, -0.2) is 21.6 Å². The first-order valence-corrected chi connectivity index (χ1v) is 8.53. The molecular formula is C16H16ClN3OS. The number of carbonyl (C=O) groups is 1. The van der Waals surface area contributed by atoms with Crippen molar-refractivity contribution in [3.63, 3.8) is 0 Å². The molecule has 0 aliphatic heterocycles. The Morgan fingerprint density at radius 2 is 2.23 bits per heavy atom. The number of hydrogen-bond donors (Lipinski definition) is 1. The van der Waals surface area contributed by atoms with Crippen molar-refractivity contribution >= 4 is 35.0 Å². The number of rotatable bonds is 4. The van der Waals surface area contributed by atoms with Crippen molar-refractivity contribution in [2.24, 2.45) is 0 Å². The van der Waals surface area contributed by atoms with Crippen LogP contribution in [0.4, 0.5) is 5.69 Å². The van der Waals surface area contributed by atoms with Crippen LogP contribution in [-0.2, 0) is 17.6 Å². The van der Waals surface area contributed by atoms with Gasteiger partial charge < -0.3 is 5.32 Å². The van der Waals surface area contributed by atoms with Crippen molar-refractivity contribution in [1.82, 2.24) is 9.97 Å². The molecule has 4 nitrogen and oxygen atoms in total. The predicted octanol–water partition coefficient (Wildman–Crippen LogP) is 3.66. The molecule has 1 amide bonds. The van der Waals surface area contributed by atoms with E-state index in [1.165, 1.54) is 17.3 Å². The molecule has 1 aromatic heterocycles. The van der Waals surface area contributed by atoms with Gasteiger partial charge in [-0.3, -0.25) is 4.79 Å². The summed E-state index contributed by atoms with van der Waals surface area (Å²) in [6, 6.07) is 7.14. The third kappa shape index (κ3) is 3.59. The van der Waals surface area contributed by atoms with Gasteiger partial charge in [0.2, 0.25) is 5.91 Å². The molecule has 0 fully saturated rings. The Hall–Kier alpha value is -1.59. The van der Waals surface area contributed by atoms with Gasteiger partial charge in [0.15, 0.2) is 0 Å². The summed E-state index contributed by atoms with van der Waals surface area (Å²) < 4.78 is 0. The molecule has 0 spiro atoms. The molecule has 0 bridgehead atoms. The van der Waals surface area contributed by atoms with E-state index in [0.29, 0.717) is 16.5 Å². The van der Waals surface area contributed by atoms with E-state index in [9.17, 15) is 4.79 Å². The molecule has 1 heterocycles. The smallest absolute Gasteiger partial charge is 0.234 e. The van der Waals surface area contributed by atoms with Crippen LogP contribution >= 0.6 is 23.4 Å². The average Bonchev–Trinajstić information content (AvgIpc) is 2.93. The Morgan fingerprint density at radius 3 is 3.05 bits per heavy atom. The number of nitrogens with zero attached hydrogens (tertiary/aromatic N) is 2. The number of halogens is 1. The summed E-state index contributed by atoms with van der Waals surface area (Å²) in [7, 11) is 0. The minimum Gasteiger partial charge on any atom is -0.325 e. The second-order valence-electron chi connectivity index (χ2n) is 5.20. The lowest BCUT2D eigenvalue weighted by Crippen LogP contribution is -2.14. The number of carbonyl (C=O) groups excluding carboxylic acids is 1. The van der Waals surface area contributed by atoms with Crippen LogP contribution in [0.15, 0.2) is 29.3 Å². The fraction of sp³-hybridized carbons (Fsp3) is 0.312. The van der Waals surface area contributed by atoms with Crippen LogP contribution in [0.3, 0.4) is 0 Å². The lowest BCUT2D eigenvalue weighted by Gasteiger charge is -2.09. The minimum atomic E-state index is -0.0599. The zero-order valence-electron chi connectivity index (χ0n) is 12.2. The van der Waals surface area contributed by atoms with E-state index in [0.717, 1.165) is 35.8 Å². The SMILES string of the molecule is Cc1nc2c(c(SCC(=O)Nc3cccc(Cl)c3)n1)CCC2. The van der Waals surface area contributed by atoms with Gasteiger partial charge in [-0.2, -0.15) is 0 Å². The molecule has 0 unspecified atom stereocenters. The summed E-state index contributed by atoms with van der Waals surface area (Å²) in [5, 5.41) is 4.40. The summed E-state index contributed by atoms with van der Waals surface area (Å²) in [6.07, 6.45) is 3.14. The molecule has 0 saturated heterocycles. The van der Waals surface area contributed by atoms with Gasteiger partial charge in [-0.25, -0.2) is 9.97 Å². The Balaban J connectivity index is 1.64. The standard InChI is InChI=1S/C16H16ClN3OS/c1-10-18-14-7-3-6-13(14)16(19-10)22-9-15(21)20-12-5-2-4-11(17)8-12/h2,4-5,8H,3,6-7,9H2,1H3,(H,20,21). The van der Waals surface area contributed by atoms with Gasteiger partial charge in [0, 0.05) is 22.0 Å². The lowest BCUT2D eigenvalue weighted by atomic mass is 10.3. The van der Waals surface area contributed by atoms with Crippen molar-refractivity contribution in [3.8, 4) is 0 Å². The van der Waals surface area contributed by atoms with Crippen LogP contribution in [0.5, 0.6) is 0 Å². The Morgan fingerprint density at radius 1 is 1.36 bits per heavy atom. The first-order valence-electron chi connectivity index (χ1n) is 7.16. The Labute approximate surface area is 138 Å². The number of aryl methyl sites for hydroxylation is 2. The van der Waals surface area contributed by atoms with Gasteiger partial charge in [0.1, 0.15) is 10.9 Å². The predicted molar refractivity (Wildman–Crippen MR) is 89.6 cm³/mol. The first kappa shape index (κ1) is 15.3. The maximum absolute atomic E-state index is 12.1. The van der Waals surface area contributed by atoms with Gasteiger partial charge in [0.05, 0.1) is 5.75 Å². The summed E-state index contributed by atoms with van der Waals surface area (Å²) in [6.45, 7) is 1.90. The van der Waals surface area contributed by atoms with Crippen LogP contribution < -0.4 is 5.32 Å². The van der Waals surface area contributed by atoms with Gasteiger partial charge >= 0.3 is 0 Å². The highest BCUT2D eigenvalue weighted by atomic mass is 35.5. The van der Waals surface area contributed by atoms with Crippen molar-refractivity contribution < 1.29 is 4.79 Å². The topological polar surface area (TPSA) is 54.9 Å². The average molecular weight is 334 g/mol. The van der Waals surface area contributed by atoms with E-state index in [2.05, 4.69) is 15.3 Å². The van der Waals surface area contributed by atoms with Gasteiger partial charge in [0.25, 0.3) is 0 Å². The van der Waals surface area contributed by atoms with Crippen LogP contribution in [0.25, 0.3) is 0 Å². The number of anilines is 1. The summed E-state index contributed by atoms with van der Waals surface area (Å²) in [4.78, 5) is 21.0. The number of amides is 1. The molecule has 3 rings (SSSR count). The quantitative estimate of drug-likeness (QED) is 0.685. The van der Waals surface area contributed by atoms with E-state index in [1.54, 1.807) is 12.1 Å². The zero-order chi connectivity index (χ0) is 15.5. The molecule has 0 atom stereocenters.